The predicted molar refractivity (Wildman–Crippen MR) is 89.8 cm³/mol. The largest absolute Gasteiger partial charge is 0.445 e. The van der Waals surface area contributed by atoms with Gasteiger partial charge >= 0.3 is 6.18 Å². The van der Waals surface area contributed by atoms with E-state index in [1.165, 1.54) is 4.90 Å². The number of alkyl halides is 3. The lowest BCUT2D eigenvalue weighted by Crippen LogP contribution is -2.28. The van der Waals surface area contributed by atoms with Crippen molar-refractivity contribution >= 4 is 34.0 Å². The van der Waals surface area contributed by atoms with Gasteiger partial charge in [-0.3, -0.25) is 9.59 Å². The van der Waals surface area contributed by atoms with Gasteiger partial charge in [0, 0.05) is 18.7 Å². The Labute approximate surface area is 151 Å². The van der Waals surface area contributed by atoms with Gasteiger partial charge in [-0.1, -0.05) is 30.4 Å². The van der Waals surface area contributed by atoms with Gasteiger partial charge in [-0.05, 0) is 24.1 Å². The van der Waals surface area contributed by atoms with Crippen LogP contribution >= 0.6 is 11.3 Å². The van der Waals surface area contributed by atoms with Crippen molar-refractivity contribution in [3.63, 3.8) is 0 Å². The van der Waals surface area contributed by atoms with Gasteiger partial charge in [0.15, 0.2) is 0 Å². The van der Waals surface area contributed by atoms with Crippen molar-refractivity contribution < 1.29 is 22.8 Å². The van der Waals surface area contributed by atoms with Gasteiger partial charge < -0.3 is 10.2 Å². The van der Waals surface area contributed by atoms with Crippen LogP contribution in [-0.2, 0) is 22.2 Å². The van der Waals surface area contributed by atoms with Crippen LogP contribution in [0.5, 0.6) is 0 Å². The van der Waals surface area contributed by atoms with E-state index in [1.54, 1.807) is 0 Å². The van der Waals surface area contributed by atoms with E-state index in [2.05, 4.69) is 15.5 Å². The summed E-state index contributed by atoms with van der Waals surface area (Å²) in [6, 6.07) is 7.46. The van der Waals surface area contributed by atoms with Gasteiger partial charge in [0.25, 0.3) is 0 Å². The lowest BCUT2D eigenvalue weighted by molar-refractivity contribution is -0.138. The Morgan fingerprint density at radius 3 is 2.58 bits per heavy atom. The third-order valence-electron chi connectivity index (χ3n) is 4.05. The maximum Gasteiger partial charge on any atom is 0.445 e. The summed E-state index contributed by atoms with van der Waals surface area (Å²) in [5.41, 5.74) is 1.82. The number of anilines is 2. The molecule has 0 unspecified atom stereocenters. The Morgan fingerprint density at radius 1 is 1.31 bits per heavy atom. The summed E-state index contributed by atoms with van der Waals surface area (Å²) >= 11 is 0.251. The summed E-state index contributed by atoms with van der Waals surface area (Å²) in [6.07, 6.45) is -3.74. The molecule has 1 aliphatic rings. The highest BCUT2D eigenvalue weighted by atomic mass is 32.1. The highest BCUT2D eigenvalue weighted by Gasteiger charge is 2.38. The molecule has 0 radical (unpaired) electrons. The number of carbonyl (C=O) groups is 2. The molecule has 1 aromatic carbocycles. The van der Waals surface area contributed by atoms with E-state index in [0.717, 1.165) is 12.0 Å². The maximum atomic E-state index is 12.5. The minimum absolute atomic E-state index is 0.00764. The van der Waals surface area contributed by atoms with E-state index in [0.29, 0.717) is 5.69 Å². The number of amides is 2. The zero-order chi connectivity index (χ0) is 18.9. The van der Waals surface area contributed by atoms with Crippen LogP contribution in [-0.4, -0.2) is 28.6 Å². The summed E-state index contributed by atoms with van der Waals surface area (Å²) in [6.45, 7) is 2.19. The zero-order valence-electron chi connectivity index (χ0n) is 13.7. The fourth-order valence-corrected chi connectivity index (χ4v) is 3.25. The number of nitrogens with zero attached hydrogens (tertiary/aromatic N) is 3. The molecule has 138 valence electrons. The molecule has 2 aromatic rings. The topological polar surface area (TPSA) is 75.2 Å². The molecule has 0 bridgehead atoms. The molecule has 0 spiro atoms. The first-order valence-electron chi connectivity index (χ1n) is 7.88. The van der Waals surface area contributed by atoms with Crippen LogP contribution < -0.4 is 10.2 Å². The van der Waals surface area contributed by atoms with Crippen LogP contribution in [0.4, 0.5) is 24.0 Å². The van der Waals surface area contributed by atoms with E-state index in [-0.39, 0.29) is 35.3 Å². The minimum Gasteiger partial charge on any atom is -0.312 e. The van der Waals surface area contributed by atoms with Crippen molar-refractivity contribution in [2.45, 2.75) is 25.9 Å². The SMILES string of the molecule is CCc1ccc(N2C[C@H](C(=O)Nc3nnc(C(F)(F)F)s3)CC2=O)cc1. The summed E-state index contributed by atoms with van der Waals surface area (Å²) < 4.78 is 37.6. The smallest absolute Gasteiger partial charge is 0.312 e. The number of aromatic nitrogens is 2. The van der Waals surface area contributed by atoms with Crippen LogP contribution in [0.3, 0.4) is 0 Å². The Balaban J connectivity index is 1.65. The molecule has 3 rings (SSSR count). The predicted octanol–water partition coefficient (Wildman–Crippen LogP) is 3.11. The average Bonchev–Trinajstić information content (AvgIpc) is 3.21. The van der Waals surface area contributed by atoms with Gasteiger partial charge in [0.05, 0.1) is 5.92 Å². The molecular formula is C16H15F3N4O2S. The van der Waals surface area contributed by atoms with Crippen molar-refractivity contribution in [3.05, 3.63) is 34.8 Å². The van der Waals surface area contributed by atoms with Crippen LogP contribution in [0, 0.1) is 5.92 Å². The molecule has 1 fully saturated rings. The Kier molecular flexibility index (Phi) is 4.94. The number of hydrogen-bond acceptors (Lipinski definition) is 5. The summed E-state index contributed by atoms with van der Waals surface area (Å²) in [5, 5.41) is 7.29. The van der Waals surface area contributed by atoms with Gasteiger partial charge in [-0.25, -0.2) is 0 Å². The quantitative estimate of drug-likeness (QED) is 0.879. The van der Waals surface area contributed by atoms with Crippen molar-refractivity contribution in [1.82, 2.24) is 10.2 Å². The molecule has 1 atom stereocenters. The maximum absolute atomic E-state index is 12.5. The van der Waals surface area contributed by atoms with Crippen LogP contribution in [0.25, 0.3) is 0 Å². The lowest BCUT2D eigenvalue weighted by atomic mass is 10.1. The fraction of sp³-hybridized carbons (Fsp3) is 0.375. The van der Waals surface area contributed by atoms with E-state index in [9.17, 15) is 22.8 Å². The summed E-state index contributed by atoms with van der Waals surface area (Å²) in [7, 11) is 0. The third-order valence-corrected chi connectivity index (χ3v) is 4.93. The lowest BCUT2D eigenvalue weighted by Gasteiger charge is -2.17. The number of nitrogens with one attached hydrogen (secondary N) is 1. The monoisotopic (exact) mass is 384 g/mol. The summed E-state index contributed by atoms with van der Waals surface area (Å²) in [5.74, 6) is -1.41. The molecule has 0 saturated carbocycles. The van der Waals surface area contributed by atoms with E-state index in [1.807, 2.05) is 31.2 Å². The van der Waals surface area contributed by atoms with Crippen LogP contribution in [0.2, 0.25) is 0 Å². The van der Waals surface area contributed by atoms with Crippen LogP contribution in [0.15, 0.2) is 24.3 Å². The standard InChI is InChI=1S/C16H15F3N4O2S/c1-2-9-3-5-11(6-4-9)23-8-10(7-12(23)24)13(25)20-15-22-21-14(26-15)16(17,18)19/h3-6,10H,2,7-8H2,1H3,(H,20,22,25)/t10-/m1/s1. The van der Waals surface area contributed by atoms with Crippen molar-refractivity contribution in [3.8, 4) is 0 Å². The fourth-order valence-electron chi connectivity index (χ4n) is 2.64. The Hall–Kier alpha value is -2.49. The second-order valence-electron chi connectivity index (χ2n) is 5.82. The third kappa shape index (κ3) is 3.85. The van der Waals surface area contributed by atoms with Crippen molar-refractivity contribution in [2.24, 2.45) is 5.92 Å². The molecule has 1 aliphatic heterocycles. The van der Waals surface area contributed by atoms with E-state index >= 15 is 0 Å². The Bertz CT molecular complexity index is 820. The highest BCUT2D eigenvalue weighted by molar-refractivity contribution is 7.15. The molecule has 2 heterocycles. The first kappa shape index (κ1) is 18.3. The number of rotatable bonds is 4. The number of halogens is 3. The number of carbonyl (C=O) groups excluding carboxylic acids is 2. The molecule has 10 heteroatoms. The van der Waals surface area contributed by atoms with Gasteiger partial charge in [0.1, 0.15) is 0 Å². The molecular weight excluding hydrogens is 369 g/mol. The van der Waals surface area contributed by atoms with E-state index in [4.69, 9.17) is 0 Å². The van der Waals surface area contributed by atoms with Crippen molar-refractivity contribution in [1.29, 1.82) is 0 Å². The molecule has 6 nitrogen and oxygen atoms in total. The van der Waals surface area contributed by atoms with Crippen molar-refractivity contribution in [2.75, 3.05) is 16.8 Å². The summed E-state index contributed by atoms with van der Waals surface area (Å²) in [4.78, 5) is 26.0. The van der Waals surface area contributed by atoms with Gasteiger partial charge in [-0.15, -0.1) is 10.2 Å². The van der Waals surface area contributed by atoms with Gasteiger partial charge in [-0.2, -0.15) is 13.2 Å². The molecule has 1 aromatic heterocycles. The number of hydrogen-bond donors (Lipinski definition) is 1. The zero-order valence-corrected chi connectivity index (χ0v) is 14.5. The molecule has 2 amide bonds. The number of aryl methyl sites for hydroxylation is 1. The normalized spacial score (nSPS) is 17.6. The minimum atomic E-state index is -4.61. The molecule has 1 N–H and O–H groups in total. The average molecular weight is 384 g/mol. The first-order valence-corrected chi connectivity index (χ1v) is 8.70. The van der Waals surface area contributed by atoms with Gasteiger partial charge in [0.2, 0.25) is 22.0 Å². The van der Waals surface area contributed by atoms with E-state index < -0.39 is 23.0 Å². The second-order valence-corrected chi connectivity index (χ2v) is 6.80. The van der Waals surface area contributed by atoms with Crippen LogP contribution in [0.1, 0.15) is 23.9 Å². The molecule has 1 saturated heterocycles. The molecule has 26 heavy (non-hydrogen) atoms. The molecule has 0 aliphatic carbocycles. The Morgan fingerprint density at radius 2 is 2.00 bits per heavy atom. The number of benzene rings is 1. The second kappa shape index (κ2) is 7.02. The first-order chi connectivity index (χ1) is 12.3. The highest BCUT2D eigenvalue weighted by Crippen LogP contribution is 2.33.